The minimum absolute atomic E-state index is 0.266. The third-order valence-electron chi connectivity index (χ3n) is 3.32. The van der Waals surface area contributed by atoms with Crippen molar-refractivity contribution in [1.82, 2.24) is 0 Å². The van der Waals surface area contributed by atoms with Crippen LogP contribution in [0.2, 0.25) is 5.02 Å². The third kappa shape index (κ3) is 4.05. The molecule has 0 aliphatic carbocycles. The van der Waals surface area contributed by atoms with Gasteiger partial charge in [-0.2, -0.15) is 0 Å². The predicted octanol–water partition coefficient (Wildman–Crippen LogP) is 3.24. The summed E-state index contributed by atoms with van der Waals surface area (Å²) in [7, 11) is 0. The maximum absolute atomic E-state index is 12.0. The lowest BCUT2D eigenvalue weighted by atomic mass is 10.2. The fourth-order valence-electron chi connectivity index (χ4n) is 2.14. The van der Waals surface area contributed by atoms with E-state index in [-0.39, 0.29) is 5.56 Å². The Morgan fingerprint density at radius 2 is 1.80 bits per heavy atom. The van der Waals surface area contributed by atoms with Crippen LogP contribution >= 0.6 is 11.6 Å². The molecule has 0 spiro atoms. The van der Waals surface area contributed by atoms with Crippen LogP contribution in [-0.4, -0.2) is 18.5 Å². The van der Waals surface area contributed by atoms with E-state index >= 15 is 0 Å². The van der Waals surface area contributed by atoms with E-state index in [9.17, 15) is 14.4 Å². The van der Waals surface area contributed by atoms with Gasteiger partial charge in [0.1, 0.15) is 11.1 Å². The summed E-state index contributed by atoms with van der Waals surface area (Å²) in [5, 5.41) is 3.66. The number of halogens is 1. The average molecular weight is 358 g/mol. The maximum Gasteiger partial charge on any atom is 0.351 e. The number of carbonyl (C=O) groups is 2. The van der Waals surface area contributed by atoms with Gasteiger partial charge in [-0.15, -0.1) is 0 Å². The molecule has 0 aliphatic heterocycles. The van der Waals surface area contributed by atoms with Gasteiger partial charge >= 0.3 is 11.6 Å². The zero-order chi connectivity index (χ0) is 17.8. The Kier molecular flexibility index (Phi) is 4.81. The molecule has 1 heterocycles. The summed E-state index contributed by atoms with van der Waals surface area (Å²) in [4.78, 5) is 35.7. The van der Waals surface area contributed by atoms with Crippen molar-refractivity contribution in [3.63, 3.8) is 0 Å². The predicted molar refractivity (Wildman–Crippen MR) is 92.8 cm³/mol. The quantitative estimate of drug-likeness (QED) is 0.572. The Labute approximate surface area is 147 Å². The summed E-state index contributed by atoms with van der Waals surface area (Å²) in [6.45, 7) is -0.534. The van der Waals surface area contributed by atoms with Gasteiger partial charge < -0.3 is 14.5 Å². The first-order valence-electron chi connectivity index (χ1n) is 7.28. The second-order valence-corrected chi connectivity index (χ2v) is 5.55. The molecule has 6 nitrogen and oxygen atoms in total. The highest BCUT2D eigenvalue weighted by Crippen LogP contribution is 2.14. The summed E-state index contributed by atoms with van der Waals surface area (Å²) >= 11 is 5.75. The fourth-order valence-corrected chi connectivity index (χ4v) is 2.27. The molecule has 0 unspecified atom stereocenters. The number of ether oxygens (including phenoxy) is 1. The van der Waals surface area contributed by atoms with Crippen molar-refractivity contribution >= 4 is 40.1 Å². The van der Waals surface area contributed by atoms with Crippen molar-refractivity contribution in [2.24, 2.45) is 0 Å². The van der Waals surface area contributed by atoms with E-state index in [2.05, 4.69) is 5.32 Å². The van der Waals surface area contributed by atoms with E-state index in [0.29, 0.717) is 21.7 Å². The highest BCUT2D eigenvalue weighted by Gasteiger charge is 2.16. The molecule has 0 radical (unpaired) electrons. The summed E-state index contributed by atoms with van der Waals surface area (Å²) in [5.74, 6) is -1.47. The van der Waals surface area contributed by atoms with E-state index in [0.717, 1.165) is 0 Å². The van der Waals surface area contributed by atoms with E-state index in [1.165, 1.54) is 6.07 Å². The van der Waals surface area contributed by atoms with Crippen LogP contribution in [0.3, 0.4) is 0 Å². The summed E-state index contributed by atoms with van der Waals surface area (Å²) in [6, 6.07) is 14.6. The van der Waals surface area contributed by atoms with Crippen LogP contribution < -0.4 is 10.9 Å². The smallest absolute Gasteiger partial charge is 0.351 e. The molecule has 3 aromatic rings. The molecule has 0 aliphatic rings. The molecule has 7 heteroatoms. The van der Waals surface area contributed by atoms with Crippen molar-refractivity contribution in [3.05, 3.63) is 75.6 Å². The average Bonchev–Trinajstić information content (AvgIpc) is 2.61. The Bertz CT molecular complexity index is 994. The minimum atomic E-state index is -0.925. The lowest BCUT2D eigenvalue weighted by Gasteiger charge is -2.06. The number of fused-ring (bicyclic) bond motifs is 1. The number of anilines is 1. The van der Waals surface area contributed by atoms with E-state index in [1.54, 1.807) is 48.5 Å². The number of esters is 1. The fraction of sp³-hybridized carbons (Fsp3) is 0.0556. The van der Waals surface area contributed by atoms with Crippen LogP contribution in [0, 0.1) is 0 Å². The molecular formula is C18H12ClNO5. The highest BCUT2D eigenvalue weighted by atomic mass is 35.5. The molecule has 1 aromatic heterocycles. The summed E-state index contributed by atoms with van der Waals surface area (Å²) in [6.07, 6.45) is 0. The Morgan fingerprint density at radius 3 is 2.56 bits per heavy atom. The van der Waals surface area contributed by atoms with Crippen LogP contribution in [0.15, 0.2) is 63.8 Å². The van der Waals surface area contributed by atoms with Crippen LogP contribution in [0.4, 0.5) is 5.69 Å². The second-order valence-electron chi connectivity index (χ2n) is 5.12. The number of rotatable bonds is 4. The number of nitrogens with one attached hydrogen (secondary N) is 1. The van der Waals surface area contributed by atoms with Crippen molar-refractivity contribution < 1.29 is 18.7 Å². The normalized spacial score (nSPS) is 10.4. The first-order chi connectivity index (χ1) is 12.0. The first kappa shape index (κ1) is 16.7. The van der Waals surface area contributed by atoms with Gasteiger partial charge in [0.2, 0.25) is 0 Å². The number of carbonyl (C=O) groups excluding carboxylic acids is 2. The number of para-hydroxylation sites is 1. The molecule has 0 saturated heterocycles. The van der Waals surface area contributed by atoms with E-state index in [1.807, 2.05) is 0 Å². The molecule has 0 fully saturated rings. The molecule has 126 valence electrons. The maximum atomic E-state index is 12.0. The molecule has 0 saturated carbocycles. The van der Waals surface area contributed by atoms with Crippen molar-refractivity contribution in [2.45, 2.75) is 0 Å². The highest BCUT2D eigenvalue weighted by molar-refractivity contribution is 6.30. The van der Waals surface area contributed by atoms with Gasteiger partial charge in [-0.25, -0.2) is 9.59 Å². The van der Waals surface area contributed by atoms with Gasteiger partial charge in [0.15, 0.2) is 6.61 Å². The van der Waals surface area contributed by atoms with Gasteiger partial charge in [-0.05, 0) is 36.4 Å². The minimum Gasteiger partial charge on any atom is -0.452 e. The molecular weight excluding hydrogens is 346 g/mol. The lowest BCUT2D eigenvalue weighted by Crippen LogP contribution is -2.23. The Morgan fingerprint density at radius 1 is 1.08 bits per heavy atom. The van der Waals surface area contributed by atoms with Gasteiger partial charge in [0.05, 0.1) is 0 Å². The zero-order valence-electron chi connectivity index (χ0n) is 12.8. The number of benzene rings is 2. The number of hydrogen-bond acceptors (Lipinski definition) is 5. The monoisotopic (exact) mass is 357 g/mol. The molecule has 3 rings (SSSR count). The lowest BCUT2D eigenvalue weighted by molar-refractivity contribution is -0.119. The molecule has 2 aromatic carbocycles. The summed E-state index contributed by atoms with van der Waals surface area (Å²) in [5.41, 5.74) is -0.208. The topological polar surface area (TPSA) is 85.6 Å². The molecule has 1 amide bonds. The van der Waals surface area contributed by atoms with Crippen LogP contribution in [0.1, 0.15) is 10.4 Å². The van der Waals surface area contributed by atoms with Crippen LogP contribution in [0.25, 0.3) is 11.0 Å². The largest absolute Gasteiger partial charge is 0.452 e. The third-order valence-corrected chi connectivity index (χ3v) is 3.58. The van der Waals surface area contributed by atoms with Crippen molar-refractivity contribution in [3.8, 4) is 0 Å². The summed E-state index contributed by atoms with van der Waals surface area (Å²) < 4.78 is 9.94. The Hall–Kier alpha value is -3.12. The standard InChI is InChI=1S/C18H12ClNO5/c19-12-5-7-13(8-6-12)20-16(21)10-24-17(22)14-9-11-3-1-2-4-15(11)25-18(14)23/h1-9H,10H2,(H,20,21). The van der Waals surface area contributed by atoms with Crippen molar-refractivity contribution in [1.29, 1.82) is 0 Å². The molecule has 0 bridgehead atoms. The number of hydrogen-bond donors (Lipinski definition) is 1. The van der Waals surface area contributed by atoms with E-state index in [4.69, 9.17) is 20.8 Å². The van der Waals surface area contributed by atoms with Gasteiger partial charge in [-0.1, -0.05) is 29.8 Å². The molecule has 1 N–H and O–H groups in total. The SMILES string of the molecule is O=C(COC(=O)c1cc2ccccc2oc1=O)Nc1ccc(Cl)cc1. The van der Waals surface area contributed by atoms with Gasteiger partial charge in [0, 0.05) is 16.1 Å². The van der Waals surface area contributed by atoms with Crippen LogP contribution in [-0.2, 0) is 9.53 Å². The van der Waals surface area contributed by atoms with Gasteiger partial charge in [-0.3, -0.25) is 4.79 Å². The Balaban J connectivity index is 1.66. The zero-order valence-corrected chi connectivity index (χ0v) is 13.6. The molecule has 25 heavy (non-hydrogen) atoms. The number of amides is 1. The molecule has 0 atom stereocenters. The van der Waals surface area contributed by atoms with Crippen molar-refractivity contribution in [2.75, 3.05) is 11.9 Å². The van der Waals surface area contributed by atoms with Crippen LogP contribution in [0.5, 0.6) is 0 Å². The second kappa shape index (κ2) is 7.19. The van der Waals surface area contributed by atoms with E-state index < -0.39 is 24.1 Å². The first-order valence-corrected chi connectivity index (χ1v) is 7.66. The van der Waals surface area contributed by atoms with Gasteiger partial charge in [0.25, 0.3) is 5.91 Å².